The second-order valence-electron chi connectivity index (χ2n) is 5.73. The minimum absolute atomic E-state index is 0.0725. The van der Waals surface area contributed by atoms with E-state index in [1.165, 1.54) is 9.58 Å². The molecule has 1 fully saturated rings. The number of aryl methyl sites for hydroxylation is 1. The van der Waals surface area contributed by atoms with Crippen molar-refractivity contribution in [3.63, 3.8) is 0 Å². The van der Waals surface area contributed by atoms with Gasteiger partial charge in [0, 0.05) is 19.6 Å². The largest absolute Gasteiger partial charge is 0.375 e. The molecule has 1 aliphatic heterocycles. The lowest BCUT2D eigenvalue weighted by atomic mass is 10.3. The Morgan fingerprint density at radius 2 is 2.22 bits per heavy atom. The number of carbonyl (C=O) groups is 1. The highest BCUT2D eigenvalue weighted by molar-refractivity contribution is 7.91. The normalized spacial score (nSPS) is 19.0. The molecule has 9 nitrogen and oxygen atoms in total. The number of morpholine rings is 1. The molecule has 0 radical (unpaired) electrons. The number of rotatable bonds is 7. The molecule has 2 heterocycles. The molecule has 23 heavy (non-hydrogen) atoms. The fraction of sp³-hybridized carbons (Fsp3) is 0.846. The quantitative estimate of drug-likeness (QED) is 0.664. The van der Waals surface area contributed by atoms with Gasteiger partial charge in [-0.05, 0) is 23.8 Å². The number of amides is 1. The molecular weight excluding hydrogens is 322 g/mol. The van der Waals surface area contributed by atoms with E-state index in [-0.39, 0.29) is 17.7 Å². The first-order valence-corrected chi connectivity index (χ1v) is 9.58. The Labute approximate surface area is 135 Å². The molecule has 1 unspecified atom stereocenters. The fourth-order valence-corrected chi connectivity index (χ4v) is 3.64. The van der Waals surface area contributed by atoms with E-state index in [2.05, 4.69) is 15.5 Å². The van der Waals surface area contributed by atoms with Crippen LogP contribution >= 0.6 is 0 Å². The third kappa shape index (κ3) is 5.24. The van der Waals surface area contributed by atoms with E-state index in [1.54, 1.807) is 0 Å². The Hall–Kier alpha value is -1.55. The van der Waals surface area contributed by atoms with Crippen LogP contribution < -0.4 is 0 Å². The number of tetrazole rings is 1. The highest BCUT2D eigenvalue weighted by atomic mass is 32.2. The summed E-state index contributed by atoms with van der Waals surface area (Å²) in [5, 5.41) is 11.1. The van der Waals surface area contributed by atoms with Crippen molar-refractivity contribution in [2.45, 2.75) is 45.1 Å². The Kier molecular flexibility index (Phi) is 6.05. The van der Waals surface area contributed by atoms with Gasteiger partial charge in [-0.3, -0.25) is 4.79 Å². The van der Waals surface area contributed by atoms with Crippen LogP contribution in [0.2, 0.25) is 0 Å². The molecule has 0 spiro atoms. The van der Waals surface area contributed by atoms with Gasteiger partial charge in [-0.15, -0.1) is 5.10 Å². The number of hydrogen-bond acceptors (Lipinski definition) is 7. The van der Waals surface area contributed by atoms with Gasteiger partial charge in [-0.1, -0.05) is 13.3 Å². The van der Waals surface area contributed by atoms with Crippen LogP contribution in [0.5, 0.6) is 0 Å². The molecule has 1 aliphatic rings. The van der Waals surface area contributed by atoms with Crippen molar-refractivity contribution in [3.8, 4) is 0 Å². The minimum atomic E-state index is -3.61. The maximum absolute atomic E-state index is 12.3. The van der Waals surface area contributed by atoms with Crippen molar-refractivity contribution in [1.82, 2.24) is 25.1 Å². The first-order chi connectivity index (χ1) is 10.9. The third-order valence-corrected chi connectivity index (χ3v) is 5.00. The monoisotopic (exact) mass is 345 g/mol. The summed E-state index contributed by atoms with van der Waals surface area (Å²) in [7, 11) is -3.61. The van der Waals surface area contributed by atoms with E-state index in [4.69, 9.17) is 4.74 Å². The molecule has 1 aromatic rings. The molecule has 1 saturated heterocycles. The molecule has 130 valence electrons. The predicted molar refractivity (Wildman–Crippen MR) is 82.2 cm³/mol. The van der Waals surface area contributed by atoms with Crippen LogP contribution in [0, 0.1) is 0 Å². The number of sulfone groups is 1. The van der Waals surface area contributed by atoms with E-state index in [9.17, 15) is 13.2 Å². The Morgan fingerprint density at radius 3 is 2.91 bits per heavy atom. The van der Waals surface area contributed by atoms with Crippen LogP contribution in [0.4, 0.5) is 0 Å². The van der Waals surface area contributed by atoms with E-state index in [0.29, 0.717) is 26.2 Å². The van der Waals surface area contributed by atoms with Crippen molar-refractivity contribution >= 4 is 15.7 Å². The Balaban J connectivity index is 1.96. The van der Waals surface area contributed by atoms with Gasteiger partial charge in [-0.2, -0.15) is 0 Å². The molecule has 0 N–H and O–H groups in total. The molecule has 0 saturated carbocycles. The van der Waals surface area contributed by atoms with Crippen molar-refractivity contribution in [3.05, 3.63) is 5.82 Å². The molecule has 1 atom stereocenters. The van der Waals surface area contributed by atoms with Gasteiger partial charge < -0.3 is 9.64 Å². The van der Waals surface area contributed by atoms with Crippen molar-refractivity contribution < 1.29 is 17.9 Å². The van der Waals surface area contributed by atoms with Crippen LogP contribution in [0.15, 0.2) is 0 Å². The molecule has 1 aromatic heterocycles. The van der Waals surface area contributed by atoms with Crippen LogP contribution in [0.1, 0.15) is 32.5 Å². The second-order valence-corrected chi connectivity index (χ2v) is 7.79. The maximum atomic E-state index is 12.3. The molecule has 0 aromatic carbocycles. The van der Waals surface area contributed by atoms with Gasteiger partial charge in [0.25, 0.3) is 0 Å². The van der Waals surface area contributed by atoms with Gasteiger partial charge in [0.1, 0.15) is 11.5 Å². The lowest BCUT2D eigenvalue weighted by Crippen LogP contribution is -2.46. The zero-order valence-electron chi connectivity index (χ0n) is 13.5. The van der Waals surface area contributed by atoms with Crippen molar-refractivity contribution in [2.24, 2.45) is 0 Å². The van der Waals surface area contributed by atoms with Crippen LogP contribution in [0.3, 0.4) is 0 Å². The first kappa shape index (κ1) is 17.8. The number of unbranched alkanes of at least 4 members (excludes halogenated alkanes) is 1. The summed E-state index contributed by atoms with van der Waals surface area (Å²) in [6, 6.07) is 0. The van der Waals surface area contributed by atoms with Crippen LogP contribution in [-0.2, 0) is 31.7 Å². The highest BCUT2D eigenvalue weighted by Gasteiger charge is 2.27. The number of hydrogen-bond donors (Lipinski definition) is 0. The third-order valence-electron chi connectivity index (χ3n) is 3.62. The van der Waals surface area contributed by atoms with Crippen LogP contribution in [-0.4, -0.2) is 71.0 Å². The number of nitrogens with zero attached hydrogens (tertiary/aromatic N) is 5. The SMILES string of the molecule is CCCCn1nnnc1CS(=O)(=O)CC(=O)N1CCOC(C)C1. The van der Waals surface area contributed by atoms with E-state index in [1.807, 2.05) is 13.8 Å². The van der Waals surface area contributed by atoms with Gasteiger partial charge >= 0.3 is 0 Å². The molecule has 10 heteroatoms. The molecule has 1 amide bonds. The summed E-state index contributed by atoms with van der Waals surface area (Å²) in [4.78, 5) is 13.7. The smallest absolute Gasteiger partial charge is 0.237 e. The molecule has 0 bridgehead atoms. The Bertz CT molecular complexity index is 630. The second kappa shape index (κ2) is 7.82. The van der Waals surface area contributed by atoms with Gasteiger partial charge in [0.15, 0.2) is 15.7 Å². The van der Waals surface area contributed by atoms with Crippen molar-refractivity contribution in [2.75, 3.05) is 25.4 Å². The van der Waals surface area contributed by atoms with Crippen LogP contribution in [0.25, 0.3) is 0 Å². The van der Waals surface area contributed by atoms with E-state index in [0.717, 1.165) is 12.8 Å². The number of carbonyl (C=O) groups excluding carboxylic acids is 1. The summed E-state index contributed by atoms with van der Waals surface area (Å²) < 4.78 is 31.4. The molecule has 2 rings (SSSR count). The van der Waals surface area contributed by atoms with E-state index >= 15 is 0 Å². The van der Waals surface area contributed by atoms with Gasteiger partial charge in [0.05, 0.1) is 12.7 Å². The fourth-order valence-electron chi connectivity index (χ4n) is 2.38. The number of ether oxygens (including phenoxy) is 1. The average molecular weight is 345 g/mol. The summed E-state index contributed by atoms with van der Waals surface area (Å²) in [5.74, 6) is -0.968. The minimum Gasteiger partial charge on any atom is -0.375 e. The summed E-state index contributed by atoms with van der Waals surface area (Å²) in [5.41, 5.74) is 0. The maximum Gasteiger partial charge on any atom is 0.237 e. The lowest BCUT2D eigenvalue weighted by Gasteiger charge is -2.31. The lowest BCUT2D eigenvalue weighted by molar-refractivity contribution is -0.135. The average Bonchev–Trinajstić information content (AvgIpc) is 2.91. The first-order valence-electron chi connectivity index (χ1n) is 7.76. The highest BCUT2D eigenvalue weighted by Crippen LogP contribution is 2.09. The summed E-state index contributed by atoms with van der Waals surface area (Å²) in [6.45, 7) is 5.74. The van der Waals surface area contributed by atoms with Crippen molar-refractivity contribution in [1.29, 1.82) is 0 Å². The summed E-state index contributed by atoms with van der Waals surface area (Å²) >= 11 is 0. The summed E-state index contributed by atoms with van der Waals surface area (Å²) in [6.07, 6.45) is 1.75. The Morgan fingerprint density at radius 1 is 1.43 bits per heavy atom. The number of aromatic nitrogens is 4. The molecule has 0 aliphatic carbocycles. The molecular formula is C13H23N5O4S. The van der Waals surface area contributed by atoms with Gasteiger partial charge in [0.2, 0.25) is 5.91 Å². The zero-order chi connectivity index (χ0) is 16.9. The standard InChI is InChI=1S/C13H23N5O4S/c1-3-4-5-18-12(14-15-16-18)9-23(20,21)10-13(19)17-6-7-22-11(2)8-17/h11H,3-10H2,1-2H3. The van der Waals surface area contributed by atoms with Gasteiger partial charge in [-0.25, -0.2) is 13.1 Å². The topological polar surface area (TPSA) is 107 Å². The zero-order valence-corrected chi connectivity index (χ0v) is 14.3. The van der Waals surface area contributed by atoms with E-state index < -0.39 is 21.5 Å². The predicted octanol–water partition coefficient (Wildman–Crippen LogP) is -0.365.